The van der Waals surface area contributed by atoms with Crippen molar-refractivity contribution < 1.29 is 23.9 Å². The number of hydrogen-bond donors (Lipinski definition) is 0. The lowest BCUT2D eigenvalue weighted by Crippen LogP contribution is -2.62. The molecule has 0 saturated heterocycles. The van der Waals surface area contributed by atoms with Gasteiger partial charge in [0, 0.05) is 25.7 Å². The van der Waals surface area contributed by atoms with Crippen molar-refractivity contribution in [2.45, 2.75) is 105 Å². The Kier molecular flexibility index (Phi) is 6.63. The van der Waals surface area contributed by atoms with Gasteiger partial charge in [-0.1, -0.05) is 38.6 Å². The van der Waals surface area contributed by atoms with Crippen LogP contribution in [0.2, 0.25) is 0 Å². The fourth-order valence-electron chi connectivity index (χ4n) is 8.74. The molecule has 6 heteroatoms. The molecular weight excluding hydrogens is 448 g/mol. The molecule has 8 atom stereocenters. The van der Waals surface area contributed by atoms with Crippen LogP contribution in [0.25, 0.3) is 0 Å². The zero-order chi connectivity index (χ0) is 25.1. The van der Waals surface area contributed by atoms with Gasteiger partial charge in [0.25, 0.3) is 0 Å². The second-order valence-electron chi connectivity index (χ2n) is 11.7. The number of esters is 2. The smallest absolute Gasteiger partial charge is 0.303 e. The van der Waals surface area contributed by atoms with Crippen molar-refractivity contribution in [3.05, 3.63) is 11.6 Å². The van der Waals surface area contributed by atoms with Gasteiger partial charge in [0.15, 0.2) is 11.4 Å². The van der Waals surface area contributed by atoms with Crippen molar-refractivity contribution in [2.75, 3.05) is 0 Å². The average Bonchev–Trinajstić information content (AvgIpc) is 3.04. The number of rotatable bonds is 5. The number of fused-ring (bicyclic) bond motifs is 5. The highest BCUT2D eigenvalue weighted by Crippen LogP contribution is 2.70. The van der Waals surface area contributed by atoms with E-state index in [4.69, 9.17) is 21.7 Å². The van der Waals surface area contributed by atoms with Crippen LogP contribution in [-0.2, 0) is 23.9 Å². The molecule has 0 bridgehead atoms. The number of ketones is 1. The molecule has 0 heterocycles. The molecule has 4 aliphatic rings. The molecule has 188 valence electrons. The van der Waals surface area contributed by atoms with E-state index in [-0.39, 0.29) is 34.5 Å². The van der Waals surface area contributed by atoms with E-state index < -0.39 is 11.7 Å². The van der Waals surface area contributed by atoms with Crippen molar-refractivity contribution in [2.24, 2.45) is 34.5 Å². The molecule has 0 aromatic carbocycles. The summed E-state index contributed by atoms with van der Waals surface area (Å²) in [6.07, 6.45) is 7.97. The first-order valence-electron chi connectivity index (χ1n) is 13.0. The van der Waals surface area contributed by atoms with Gasteiger partial charge in [0.05, 0.1) is 0 Å². The first kappa shape index (κ1) is 25.5. The minimum atomic E-state index is -0.825. The van der Waals surface area contributed by atoms with E-state index in [0.29, 0.717) is 37.0 Å². The minimum absolute atomic E-state index is 0.0217. The Bertz CT molecular complexity index is 939. The van der Waals surface area contributed by atoms with Crippen molar-refractivity contribution in [1.29, 1.82) is 0 Å². The minimum Gasteiger partial charge on any atom is -0.458 e. The van der Waals surface area contributed by atoms with E-state index in [1.165, 1.54) is 19.4 Å². The Balaban J connectivity index is 1.80. The Hall–Kier alpha value is -1.56. The van der Waals surface area contributed by atoms with E-state index >= 15 is 0 Å². The molecule has 0 radical (unpaired) electrons. The molecule has 4 rings (SSSR count). The van der Waals surface area contributed by atoms with Crippen LogP contribution in [0.3, 0.4) is 0 Å². The summed E-state index contributed by atoms with van der Waals surface area (Å²) >= 11 is 5.83. The van der Waals surface area contributed by atoms with Crippen LogP contribution < -0.4 is 0 Å². The second kappa shape index (κ2) is 8.83. The van der Waals surface area contributed by atoms with Crippen LogP contribution in [0, 0.1) is 34.5 Å². The molecule has 3 fully saturated rings. The Labute approximate surface area is 209 Å². The predicted octanol–water partition coefficient (Wildman–Crippen LogP) is 5.78. The first-order valence-corrected chi connectivity index (χ1v) is 13.4. The van der Waals surface area contributed by atoms with Crippen LogP contribution in [0.4, 0.5) is 0 Å². The van der Waals surface area contributed by atoms with E-state index in [2.05, 4.69) is 20.8 Å². The molecule has 0 N–H and O–H groups in total. The third-order valence-corrected chi connectivity index (χ3v) is 10.5. The third kappa shape index (κ3) is 3.70. The monoisotopic (exact) mass is 488 g/mol. The Morgan fingerprint density at radius 3 is 2.35 bits per heavy atom. The van der Waals surface area contributed by atoms with Crippen molar-refractivity contribution >= 4 is 34.8 Å². The molecule has 4 aliphatic carbocycles. The Morgan fingerprint density at radius 2 is 1.76 bits per heavy atom. The summed E-state index contributed by atoms with van der Waals surface area (Å²) in [6, 6.07) is 0. The van der Waals surface area contributed by atoms with Gasteiger partial charge >= 0.3 is 11.9 Å². The highest BCUT2D eigenvalue weighted by molar-refractivity contribution is 7.80. The van der Waals surface area contributed by atoms with Crippen molar-refractivity contribution in [3.63, 3.8) is 0 Å². The number of carbonyl (C=O) groups is 3. The van der Waals surface area contributed by atoms with Gasteiger partial charge in [-0.15, -0.1) is 0 Å². The predicted molar refractivity (Wildman–Crippen MR) is 134 cm³/mol. The maximum Gasteiger partial charge on any atom is 0.303 e. The van der Waals surface area contributed by atoms with Crippen molar-refractivity contribution in [3.8, 4) is 0 Å². The molecule has 34 heavy (non-hydrogen) atoms. The molecule has 0 aromatic heterocycles. The van der Waals surface area contributed by atoms with Crippen LogP contribution in [0.1, 0.15) is 92.9 Å². The highest BCUT2D eigenvalue weighted by Gasteiger charge is 2.70. The second-order valence-corrected chi connectivity index (χ2v) is 12.4. The summed E-state index contributed by atoms with van der Waals surface area (Å²) in [7, 11) is 0. The molecular formula is C28H40O5S. The van der Waals surface area contributed by atoms with E-state index in [9.17, 15) is 14.4 Å². The van der Waals surface area contributed by atoms with Gasteiger partial charge in [0.1, 0.15) is 6.10 Å². The van der Waals surface area contributed by atoms with Gasteiger partial charge < -0.3 is 9.47 Å². The fourth-order valence-corrected chi connectivity index (χ4v) is 8.98. The molecule has 1 unspecified atom stereocenters. The lowest BCUT2D eigenvalue weighted by Gasteiger charge is -2.62. The normalized spacial score (nSPS) is 41.9. The number of hydrogen-bond acceptors (Lipinski definition) is 6. The summed E-state index contributed by atoms with van der Waals surface area (Å²) in [6.45, 7) is 11.6. The largest absolute Gasteiger partial charge is 0.458 e. The quantitative estimate of drug-likeness (QED) is 0.361. The van der Waals surface area contributed by atoms with Gasteiger partial charge in [0.2, 0.25) is 0 Å². The van der Waals surface area contributed by atoms with E-state index in [1.807, 2.05) is 13.0 Å². The van der Waals surface area contributed by atoms with Gasteiger partial charge in [-0.2, -0.15) is 0 Å². The average molecular weight is 489 g/mol. The molecule has 0 aromatic rings. The fraction of sp³-hybridized carbons (Fsp3) is 0.786. The number of carbonyl (C=O) groups excluding carboxylic acids is 3. The maximum absolute atomic E-state index is 12.4. The van der Waals surface area contributed by atoms with Crippen LogP contribution in [0.5, 0.6) is 0 Å². The third-order valence-electron chi connectivity index (χ3n) is 10.2. The summed E-state index contributed by atoms with van der Waals surface area (Å²) in [5, 5.41) is 0. The lowest BCUT2D eigenvalue weighted by molar-refractivity contribution is -0.219. The van der Waals surface area contributed by atoms with Gasteiger partial charge in [-0.3, -0.25) is 14.4 Å². The standard InChI is InChI=1S/C28H40O5S/c1-7-24(32-17(3)29)28(33-18(4)30)13-10-23-25-21(16(2)34)15-19-14-20(31)8-11-26(19,5)22(25)9-12-27(23,28)6/h14,21-25H,7-13,15H2,1-6H3/t21-,22-,23-,24?,25+,26-,27-,28+/m0/s1. The van der Waals surface area contributed by atoms with Crippen LogP contribution in [0.15, 0.2) is 11.6 Å². The van der Waals surface area contributed by atoms with Crippen LogP contribution in [-0.4, -0.2) is 34.3 Å². The van der Waals surface area contributed by atoms with Gasteiger partial charge in [-0.05, 0) is 91.9 Å². The van der Waals surface area contributed by atoms with E-state index in [0.717, 1.165) is 37.0 Å². The highest BCUT2D eigenvalue weighted by atomic mass is 32.1. The topological polar surface area (TPSA) is 69.7 Å². The zero-order valence-corrected chi connectivity index (χ0v) is 22.4. The number of ether oxygens (including phenoxy) is 2. The summed E-state index contributed by atoms with van der Waals surface area (Å²) in [5.41, 5.74) is 0.182. The zero-order valence-electron chi connectivity index (χ0n) is 21.6. The maximum atomic E-state index is 12.4. The molecule has 5 nitrogen and oxygen atoms in total. The van der Waals surface area contributed by atoms with E-state index in [1.54, 1.807) is 0 Å². The summed E-state index contributed by atoms with van der Waals surface area (Å²) < 4.78 is 12.1. The molecule has 0 amide bonds. The molecule has 3 saturated carbocycles. The summed E-state index contributed by atoms with van der Waals surface area (Å²) in [4.78, 5) is 37.8. The van der Waals surface area contributed by atoms with Crippen molar-refractivity contribution in [1.82, 2.24) is 0 Å². The van der Waals surface area contributed by atoms with Crippen LogP contribution >= 0.6 is 12.2 Å². The van der Waals surface area contributed by atoms with Gasteiger partial charge in [-0.25, -0.2) is 0 Å². The Morgan fingerprint density at radius 1 is 1.09 bits per heavy atom. The first-order chi connectivity index (χ1) is 15.9. The molecule has 0 spiro atoms. The summed E-state index contributed by atoms with van der Waals surface area (Å²) in [5.74, 6) is 0.963. The number of allylic oxidation sites excluding steroid dienone is 1. The SMILES string of the molecule is CCC(OC(C)=O)[C@]1(OC(C)=O)CC[C@H]2[C@@H]3[C@H](C(C)=S)CC4=CC(=O)CC[C@]4(C)[C@H]3CC[C@@]21C. The lowest BCUT2D eigenvalue weighted by atomic mass is 9.43. The number of thiocarbonyl (C=S) groups is 1. The molecule has 0 aliphatic heterocycles.